The van der Waals surface area contributed by atoms with E-state index in [1.807, 2.05) is 0 Å². The number of benzene rings is 2. The van der Waals surface area contributed by atoms with Gasteiger partial charge in [0.15, 0.2) is 0 Å². The molecule has 2 aromatic carbocycles. The van der Waals surface area contributed by atoms with Gasteiger partial charge in [-0.25, -0.2) is 9.62 Å². The molecule has 2 aliphatic heterocycles. The highest BCUT2D eigenvalue weighted by Crippen LogP contribution is 2.34. The summed E-state index contributed by atoms with van der Waals surface area (Å²) in [6.07, 6.45) is 3.26. The molecule has 0 N–H and O–H groups in total. The van der Waals surface area contributed by atoms with E-state index in [0.717, 1.165) is 32.5 Å². The van der Waals surface area contributed by atoms with Crippen LogP contribution in [0.4, 0.5) is 0 Å². The average Bonchev–Trinajstić information content (AvgIpc) is 3.48. The Labute approximate surface area is 232 Å². The van der Waals surface area contributed by atoms with Gasteiger partial charge < -0.3 is 19.3 Å². The van der Waals surface area contributed by atoms with E-state index in [-0.39, 0.29) is 17.8 Å². The molecule has 1 fully saturated rings. The molecule has 40 heavy (non-hydrogen) atoms. The largest absolute Gasteiger partial charge is 0.468 e. The Hall–Kier alpha value is -4.12. The zero-order chi connectivity index (χ0) is 28.1. The van der Waals surface area contributed by atoms with Crippen molar-refractivity contribution < 1.29 is 23.7 Å². The minimum absolute atomic E-state index is 0.0689. The number of hydrogen-bond donors (Lipinski definition) is 0. The molecular formula is C29H34N6O5. The van der Waals surface area contributed by atoms with Crippen molar-refractivity contribution in [2.75, 3.05) is 40.9 Å². The number of amides is 1. The Morgan fingerprint density at radius 3 is 2.50 bits per heavy atom. The monoisotopic (exact) mass is 546 g/mol. The lowest BCUT2D eigenvalue weighted by Crippen LogP contribution is -2.46. The summed E-state index contributed by atoms with van der Waals surface area (Å²) in [6, 6.07) is 15.3. The normalized spacial score (nSPS) is 20.1. The van der Waals surface area contributed by atoms with Crippen LogP contribution in [-0.4, -0.2) is 84.7 Å². The van der Waals surface area contributed by atoms with Crippen molar-refractivity contribution >= 4 is 34.8 Å². The van der Waals surface area contributed by atoms with Gasteiger partial charge in [0.2, 0.25) is 5.91 Å². The van der Waals surface area contributed by atoms with E-state index in [2.05, 4.69) is 55.5 Å². The Morgan fingerprint density at radius 2 is 1.77 bits per heavy atom. The number of piperidine rings is 1. The summed E-state index contributed by atoms with van der Waals surface area (Å²) in [5, 5.41) is 7.73. The van der Waals surface area contributed by atoms with Crippen LogP contribution in [0.5, 0.6) is 0 Å². The summed E-state index contributed by atoms with van der Waals surface area (Å²) < 4.78 is 15.3. The number of carbonyl (C=O) groups excluding carboxylic acids is 2. The van der Waals surface area contributed by atoms with E-state index in [1.54, 1.807) is 25.2 Å². The lowest BCUT2D eigenvalue weighted by atomic mass is 9.89. The zero-order valence-electron chi connectivity index (χ0n) is 23.0. The zero-order valence-corrected chi connectivity index (χ0v) is 23.0. The number of likely N-dealkylation sites (tertiary alicyclic amines) is 1. The van der Waals surface area contributed by atoms with Crippen molar-refractivity contribution in [1.29, 1.82) is 0 Å². The molecule has 1 aromatic heterocycles. The molecule has 0 radical (unpaired) electrons. The maximum absolute atomic E-state index is 13.3. The van der Waals surface area contributed by atoms with Gasteiger partial charge in [-0.05, 0) is 78.4 Å². The van der Waals surface area contributed by atoms with Crippen LogP contribution in [0.15, 0.2) is 63.1 Å². The summed E-state index contributed by atoms with van der Waals surface area (Å²) >= 11 is 0. The summed E-state index contributed by atoms with van der Waals surface area (Å²) in [7, 11) is 4.38. The van der Waals surface area contributed by atoms with Crippen LogP contribution in [0.1, 0.15) is 48.8 Å². The van der Waals surface area contributed by atoms with Crippen LogP contribution in [0.25, 0.3) is 11.0 Å². The van der Waals surface area contributed by atoms with E-state index in [1.165, 1.54) is 24.7 Å². The third kappa shape index (κ3) is 5.89. The number of methoxy groups -OCH3 is 2. The first-order valence-electron chi connectivity index (χ1n) is 13.5. The van der Waals surface area contributed by atoms with Gasteiger partial charge in [-0.15, -0.1) is 0 Å². The molecule has 0 aliphatic carbocycles. The molecular weight excluding hydrogens is 512 g/mol. The Balaban J connectivity index is 1.24. The molecule has 3 aromatic rings. The van der Waals surface area contributed by atoms with Gasteiger partial charge in [0.05, 0.1) is 14.2 Å². The third-order valence-corrected chi connectivity index (χ3v) is 7.75. The van der Waals surface area contributed by atoms with Gasteiger partial charge >= 0.3 is 12.0 Å². The molecule has 11 heteroatoms. The number of amidine groups is 2. The van der Waals surface area contributed by atoms with Gasteiger partial charge in [-0.3, -0.25) is 9.59 Å². The molecule has 5 rings (SSSR count). The molecule has 2 atom stereocenters. The number of aliphatic imine (C=N–C) groups is 2. The number of aromatic nitrogens is 2. The summed E-state index contributed by atoms with van der Waals surface area (Å²) in [5.41, 5.74) is 3.18. The quantitative estimate of drug-likeness (QED) is 0.412. The molecule has 210 valence electrons. The SMILES string of the molecule is COC(=O)C1C(N(C)C(=O)CCCN2CCC(c3ccccc3)CC2)=NC(OC)=NC1c1ccc2nonc2c1. The number of ether oxygens (including phenoxy) is 2. The third-order valence-electron chi connectivity index (χ3n) is 7.75. The number of esters is 1. The lowest BCUT2D eigenvalue weighted by Gasteiger charge is -2.33. The van der Waals surface area contributed by atoms with Crippen LogP contribution < -0.4 is 0 Å². The van der Waals surface area contributed by atoms with Crippen molar-refractivity contribution in [2.45, 2.75) is 37.6 Å². The van der Waals surface area contributed by atoms with E-state index >= 15 is 0 Å². The minimum Gasteiger partial charge on any atom is -0.468 e. The Bertz CT molecular complexity index is 1400. The fourth-order valence-corrected chi connectivity index (χ4v) is 5.49. The first kappa shape index (κ1) is 27.4. The molecule has 0 saturated carbocycles. The highest BCUT2D eigenvalue weighted by molar-refractivity contribution is 6.12. The summed E-state index contributed by atoms with van der Waals surface area (Å²) in [5.74, 6) is -0.820. The van der Waals surface area contributed by atoms with Crippen LogP contribution in [0.2, 0.25) is 0 Å². The highest BCUT2D eigenvalue weighted by Gasteiger charge is 2.42. The van der Waals surface area contributed by atoms with Crippen LogP contribution >= 0.6 is 0 Å². The molecule has 2 aliphatic rings. The number of rotatable bonds is 7. The lowest BCUT2D eigenvalue weighted by molar-refractivity contribution is -0.144. The van der Waals surface area contributed by atoms with Crippen molar-refractivity contribution in [3.05, 3.63) is 59.7 Å². The van der Waals surface area contributed by atoms with E-state index < -0.39 is 17.9 Å². The number of hydrogen-bond acceptors (Lipinski definition) is 10. The smallest absolute Gasteiger partial charge is 0.318 e. The average molecular weight is 547 g/mol. The van der Waals surface area contributed by atoms with Crippen LogP contribution in [0, 0.1) is 5.92 Å². The molecule has 11 nitrogen and oxygen atoms in total. The van der Waals surface area contributed by atoms with Crippen molar-refractivity contribution in [3.63, 3.8) is 0 Å². The Kier molecular flexibility index (Phi) is 8.49. The maximum Gasteiger partial charge on any atom is 0.318 e. The number of carbonyl (C=O) groups is 2. The second kappa shape index (κ2) is 12.4. The molecule has 1 amide bonds. The van der Waals surface area contributed by atoms with Crippen molar-refractivity contribution in [3.8, 4) is 0 Å². The molecule has 1 saturated heterocycles. The van der Waals surface area contributed by atoms with Gasteiger partial charge in [0.25, 0.3) is 0 Å². The van der Waals surface area contributed by atoms with Gasteiger partial charge in [0, 0.05) is 13.5 Å². The van der Waals surface area contributed by atoms with Gasteiger partial charge in [-0.1, -0.05) is 36.4 Å². The van der Waals surface area contributed by atoms with E-state index in [0.29, 0.717) is 35.4 Å². The predicted molar refractivity (Wildman–Crippen MR) is 149 cm³/mol. The first-order chi connectivity index (χ1) is 19.5. The molecule has 0 spiro atoms. The minimum atomic E-state index is -0.952. The number of nitrogens with zero attached hydrogens (tertiary/aromatic N) is 6. The first-order valence-corrected chi connectivity index (χ1v) is 13.5. The standard InChI is InChI=1S/C29H34N6O5/c1-34(24(36)10-7-15-35-16-13-20(14-17-35)19-8-5-4-6-9-19)27-25(28(37)38-2)26(30-29(31-27)39-3)21-11-12-22-23(18-21)33-40-32-22/h4-6,8-9,11-12,18,20,25-26H,7,10,13-17H2,1-3H3. The van der Waals surface area contributed by atoms with Crippen molar-refractivity contribution in [1.82, 2.24) is 20.1 Å². The number of fused-ring (bicyclic) bond motifs is 1. The van der Waals surface area contributed by atoms with Gasteiger partial charge in [-0.2, -0.15) is 4.99 Å². The van der Waals surface area contributed by atoms with Gasteiger partial charge in [0.1, 0.15) is 28.8 Å². The second-order valence-electron chi connectivity index (χ2n) is 10.1. The summed E-state index contributed by atoms with van der Waals surface area (Å²) in [4.78, 5) is 39.2. The van der Waals surface area contributed by atoms with Crippen LogP contribution in [0.3, 0.4) is 0 Å². The highest BCUT2D eigenvalue weighted by atomic mass is 16.6. The fourth-order valence-electron chi connectivity index (χ4n) is 5.49. The maximum atomic E-state index is 13.3. The second-order valence-corrected chi connectivity index (χ2v) is 10.1. The fraction of sp³-hybridized carbons (Fsp3) is 0.448. The predicted octanol–water partition coefficient (Wildman–Crippen LogP) is 3.59. The van der Waals surface area contributed by atoms with E-state index in [4.69, 9.17) is 14.1 Å². The van der Waals surface area contributed by atoms with Crippen LogP contribution in [-0.2, 0) is 19.1 Å². The van der Waals surface area contributed by atoms with Crippen molar-refractivity contribution in [2.24, 2.45) is 15.9 Å². The molecule has 0 bridgehead atoms. The molecule has 3 heterocycles. The Morgan fingerprint density at radius 1 is 1.02 bits per heavy atom. The summed E-state index contributed by atoms with van der Waals surface area (Å²) in [6.45, 7) is 2.87. The topological polar surface area (TPSA) is 123 Å². The van der Waals surface area contributed by atoms with E-state index in [9.17, 15) is 9.59 Å². The molecule has 2 unspecified atom stereocenters.